The Morgan fingerprint density at radius 2 is 1.90 bits per heavy atom. The maximum Gasteiger partial charge on any atom is 0.412 e. The van der Waals surface area contributed by atoms with Crippen molar-refractivity contribution in [3.05, 3.63) is 23.8 Å². The fourth-order valence-electron chi connectivity index (χ4n) is 1.67. The lowest BCUT2D eigenvalue weighted by atomic mass is 10.1. The van der Waals surface area contributed by atoms with Crippen LogP contribution in [-0.4, -0.2) is 38.2 Å². The number of hydrogen-bond donors (Lipinski definition) is 2. The molecule has 6 nitrogen and oxygen atoms in total. The molecule has 0 aliphatic rings. The summed E-state index contributed by atoms with van der Waals surface area (Å²) in [6.45, 7) is 5.48. The number of carbonyl (C=O) groups is 2. The van der Waals surface area contributed by atoms with Gasteiger partial charge in [-0.2, -0.15) is 0 Å². The highest BCUT2D eigenvalue weighted by Gasteiger charge is 2.19. The Morgan fingerprint density at radius 3 is 2.43 bits per heavy atom. The molecular weight excluding hydrogens is 272 g/mol. The first kappa shape index (κ1) is 17.0. The van der Waals surface area contributed by atoms with Crippen molar-refractivity contribution in [3.63, 3.8) is 0 Å². The number of benzene rings is 1. The Labute approximate surface area is 124 Å². The average Bonchev–Trinajstić information content (AvgIpc) is 2.36. The Bertz CT molecular complexity index is 521. The van der Waals surface area contributed by atoms with Crippen LogP contribution in [0.2, 0.25) is 0 Å². The van der Waals surface area contributed by atoms with E-state index in [0.717, 1.165) is 0 Å². The van der Waals surface area contributed by atoms with Crippen LogP contribution in [0.5, 0.6) is 5.75 Å². The topological polar surface area (TPSA) is 76.7 Å². The van der Waals surface area contributed by atoms with Crippen LogP contribution in [0.3, 0.4) is 0 Å². The highest BCUT2D eigenvalue weighted by Crippen LogP contribution is 2.23. The van der Waals surface area contributed by atoms with Crippen LogP contribution in [-0.2, 0) is 4.74 Å². The molecule has 0 aliphatic heterocycles. The number of rotatable bonds is 5. The highest BCUT2D eigenvalue weighted by molar-refractivity contribution is 6.05. The van der Waals surface area contributed by atoms with Crippen molar-refractivity contribution in [2.45, 2.75) is 26.4 Å². The second kappa shape index (κ2) is 7.08. The predicted molar refractivity (Wildman–Crippen MR) is 81.1 cm³/mol. The first-order valence-corrected chi connectivity index (χ1v) is 6.62. The molecule has 0 heterocycles. The lowest BCUT2D eigenvalue weighted by Gasteiger charge is -2.20. The number of Topliss-reactive ketones (excluding diaryl/α,β-unsaturated/α-hetero) is 1. The van der Waals surface area contributed by atoms with Gasteiger partial charge in [0.15, 0.2) is 5.78 Å². The van der Waals surface area contributed by atoms with Crippen LogP contribution in [0.15, 0.2) is 18.2 Å². The molecule has 1 amide bonds. The van der Waals surface area contributed by atoms with Crippen LogP contribution in [0.4, 0.5) is 10.5 Å². The van der Waals surface area contributed by atoms with Crippen LogP contribution in [0.1, 0.15) is 31.1 Å². The third-order valence-corrected chi connectivity index (χ3v) is 2.50. The lowest BCUT2D eigenvalue weighted by molar-refractivity contribution is 0.0636. The summed E-state index contributed by atoms with van der Waals surface area (Å²) in [5, 5.41) is 5.38. The van der Waals surface area contributed by atoms with Crippen LogP contribution >= 0.6 is 0 Å². The molecule has 1 aromatic rings. The average molecular weight is 294 g/mol. The van der Waals surface area contributed by atoms with Crippen molar-refractivity contribution in [1.29, 1.82) is 0 Å². The summed E-state index contributed by atoms with van der Waals surface area (Å²) >= 11 is 0. The van der Waals surface area contributed by atoms with Crippen molar-refractivity contribution in [3.8, 4) is 5.75 Å². The van der Waals surface area contributed by atoms with E-state index in [4.69, 9.17) is 9.47 Å². The molecule has 0 bridgehead atoms. The number of anilines is 1. The van der Waals surface area contributed by atoms with Crippen molar-refractivity contribution in [1.82, 2.24) is 5.32 Å². The molecule has 1 rings (SSSR count). The van der Waals surface area contributed by atoms with Gasteiger partial charge in [0.1, 0.15) is 11.4 Å². The molecular formula is C15H22N2O4. The number of carbonyl (C=O) groups excluding carboxylic acids is 2. The number of methoxy groups -OCH3 is 1. The zero-order valence-electron chi connectivity index (χ0n) is 13.1. The maximum atomic E-state index is 12.0. The van der Waals surface area contributed by atoms with Crippen LogP contribution in [0.25, 0.3) is 0 Å². The van der Waals surface area contributed by atoms with Gasteiger partial charge in [0.25, 0.3) is 0 Å². The van der Waals surface area contributed by atoms with Gasteiger partial charge in [-0.05, 0) is 40.0 Å². The summed E-state index contributed by atoms with van der Waals surface area (Å²) in [5.74, 6) is 0.410. The zero-order chi connectivity index (χ0) is 16.0. The minimum Gasteiger partial charge on any atom is -0.497 e. The first-order chi connectivity index (χ1) is 9.76. The van der Waals surface area contributed by atoms with E-state index in [-0.39, 0.29) is 12.3 Å². The quantitative estimate of drug-likeness (QED) is 0.816. The maximum absolute atomic E-state index is 12.0. The molecule has 0 aromatic heterocycles. The Morgan fingerprint density at radius 1 is 1.24 bits per heavy atom. The van der Waals surface area contributed by atoms with Gasteiger partial charge < -0.3 is 14.8 Å². The summed E-state index contributed by atoms with van der Waals surface area (Å²) in [7, 11) is 3.20. The standard InChI is InChI=1S/C15H22N2O4/c1-15(2,3)21-14(19)17-12-8-10(20-5)6-7-11(12)13(18)9-16-4/h6-8,16H,9H2,1-5H3,(H,17,19). The number of amides is 1. The van der Waals surface area contributed by atoms with Gasteiger partial charge in [0, 0.05) is 11.6 Å². The number of nitrogens with one attached hydrogen (secondary N) is 2. The third-order valence-electron chi connectivity index (χ3n) is 2.50. The number of hydrogen-bond acceptors (Lipinski definition) is 5. The van der Waals surface area contributed by atoms with Gasteiger partial charge in [-0.15, -0.1) is 0 Å². The smallest absolute Gasteiger partial charge is 0.412 e. The van der Waals surface area contributed by atoms with Crippen molar-refractivity contribution in [2.24, 2.45) is 0 Å². The predicted octanol–water partition coefficient (Wildman–Crippen LogP) is 2.44. The molecule has 0 unspecified atom stereocenters. The largest absolute Gasteiger partial charge is 0.497 e. The molecule has 0 spiro atoms. The number of likely N-dealkylation sites (N-methyl/N-ethyl adjacent to an activating group) is 1. The van der Waals surface area contributed by atoms with Gasteiger partial charge in [-0.25, -0.2) is 4.79 Å². The Kier molecular flexibility index (Phi) is 5.72. The summed E-state index contributed by atoms with van der Waals surface area (Å²) < 4.78 is 10.3. The summed E-state index contributed by atoms with van der Waals surface area (Å²) in [6, 6.07) is 4.88. The molecule has 1 aromatic carbocycles. The fourth-order valence-corrected chi connectivity index (χ4v) is 1.67. The lowest BCUT2D eigenvalue weighted by Crippen LogP contribution is -2.28. The van der Waals surface area contributed by atoms with Gasteiger partial charge in [-0.3, -0.25) is 10.1 Å². The van der Waals surface area contributed by atoms with Crippen molar-refractivity contribution >= 4 is 17.6 Å². The minimum atomic E-state index is -0.616. The van der Waals surface area contributed by atoms with E-state index in [1.165, 1.54) is 7.11 Å². The molecule has 2 N–H and O–H groups in total. The van der Waals surface area contributed by atoms with E-state index < -0.39 is 11.7 Å². The minimum absolute atomic E-state index is 0.133. The summed E-state index contributed by atoms with van der Waals surface area (Å²) in [5.41, 5.74) is 0.151. The van der Waals surface area contributed by atoms with Gasteiger partial charge in [0.2, 0.25) is 0 Å². The molecule has 0 aliphatic carbocycles. The first-order valence-electron chi connectivity index (χ1n) is 6.62. The molecule has 6 heteroatoms. The van der Waals surface area contributed by atoms with Crippen molar-refractivity contribution in [2.75, 3.05) is 26.0 Å². The molecule has 0 fully saturated rings. The monoisotopic (exact) mass is 294 g/mol. The number of ketones is 1. The summed E-state index contributed by atoms with van der Waals surface area (Å²) in [6.07, 6.45) is -0.616. The molecule has 0 atom stereocenters. The fraction of sp³-hybridized carbons (Fsp3) is 0.467. The SMILES string of the molecule is CNCC(=O)c1ccc(OC)cc1NC(=O)OC(C)(C)C. The van der Waals surface area contributed by atoms with E-state index >= 15 is 0 Å². The third kappa shape index (κ3) is 5.43. The van der Waals surface area contributed by atoms with E-state index in [1.807, 2.05) is 0 Å². The highest BCUT2D eigenvalue weighted by atomic mass is 16.6. The summed E-state index contributed by atoms with van der Waals surface area (Å²) in [4.78, 5) is 23.9. The molecule has 0 radical (unpaired) electrons. The molecule has 0 saturated carbocycles. The van der Waals surface area contributed by atoms with Crippen LogP contribution in [0, 0.1) is 0 Å². The van der Waals surface area contributed by atoms with E-state index in [1.54, 1.807) is 46.0 Å². The Balaban J connectivity index is 3.01. The van der Waals surface area contributed by atoms with E-state index in [0.29, 0.717) is 17.0 Å². The second-order valence-electron chi connectivity index (χ2n) is 5.49. The normalized spacial score (nSPS) is 10.9. The van der Waals surface area contributed by atoms with Gasteiger partial charge in [-0.1, -0.05) is 0 Å². The van der Waals surface area contributed by atoms with E-state index in [9.17, 15) is 9.59 Å². The van der Waals surface area contributed by atoms with Crippen molar-refractivity contribution < 1.29 is 19.1 Å². The molecule has 21 heavy (non-hydrogen) atoms. The van der Waals surface area contributed by atoms with Gasteiger partial charge >= 0.3 is 6.09 Å². The zero-order valence-corrected chi connectivity index (χ0v) is 13.1. The van der Waals surface area contributed by atoms with Gasteiger partial charge in [0.05, 0.1) is 19.3 Å². The van der Waals surface area contributed by atoms with Crippen LogP contribution < -0.4 is 15.4 Å². The second-order valence-corrected chi connectivity index (χ2v) is 5.49. The molecule has 116 valence electrons. The molecule has 0 saturated heterocycles. The number of ether oxygens (including phenoxy) is 2. The Hall–Kier alpha value is -2.08. The van der Waals surface area contributed by atoms with E-state index in [2.05, 4.69) is 10.6 Å².